The second kappa shape index (κ2) is 10.0. The first-order valence-corrected chi connectivity index (χ1v) is 9.40. The maximum absolute atomic E-state index is 12.2. The predicted octanol–water partition coefficient (Wildman–Crippen LogP) is 4.05. The summed E-state index contributed by atoms with van der Waals surface area (Å²) >= 11 is 0. The van der Waals surface area contributed by atoms with Gasteiger partial charge in [0.05, 0.1) is 4.92 Å². The van der Waals surface area contributed by atoms with Gasteiger partial charge in [-0.25, -0.2) is 0 Å². The van der Waals surface area contributed by atoms with Crippen molar-refractivity contribution < 1.29 is 9.72 Å². The summed E-state index contributed by atoms with van der Waals surface area (Å²) in [6.07, 6.45) is 8.20. The third-order valence-electron chi connectivity index (χ3n) is 4.79. The summed E-state index contributed by atoms with van der Waals surface area (Å²) in [6, 6.07) is 5.16. The maximum atomic E-state index is 12.2. The molecule has 1 aliphatic rings. The first-order chi connectivity index (χ1) is 12.1. The van der Waals surface area contributed by atoms with Crippen molar-refractivity contribution in [1.82, 2.24) is 5.32 Å². The Balaban J connectivity index is 1.89. The summed E-state index contributed by atoms with van der Waals surface area (Å²) in [5, 5.41) is 17.3. The first-order valence-electron chi connectivity index (χ1n) is 9.40. The third-order valence-corrected chi connectivity index (χ3v) is 4.79. The summed E-state index contributed by atoms with van der Waals surface area (Å²) in [6.45, 7) is 3.38. The van der Waals surface area contributed by atoms with E-state index in [0.29, 0.717) is 18.7 Å². The number of nitro groups is 1. The Bertz CT molecular complexity index is 583. The van der Waals surface area contributed by atoms with Gasteiger partial charge in [-0.1, -0.05) is 38.7 Å². The smallest absolute Gasteiger partial charge is 0.292 e. The molecule has 1 saturated carbocycles. The zero-order valence-corrected chi connectivity index (χ0v) is 15.1. The summed E-state index contributed by atoms with van der Waals surface area (Å²) in [7, 11) is 0. The van der Waals surface area contributed by atoms with Crippen LogP contribution in [0.4, 0.5) is 11.4 Å². The number of rotatable bonds is 9. The second-order valence-corrected chi connectivity index (χ2v) is 6.76. The normalized spacial score (nSPS) is 14.9. The van der Waals surface area contributed by atoms with Gasteiger partial charge in [-0.3, -0.25) is 14.9 Å². The van der Waals surface area contributed by atoms with Crippen LogP contribution in [0.5, 0.6) is 0 Å². The summed E-state index contributed by atoms with van der Waals surface area (Å²) in [5.74, 6) is 0.319. The van der Waals surface area contributed by atoms with Crippen molar-refractivity contribution >= 4 is 17.3 Å². The minimum atomic E-state index is -0.358. The largest absolute Gasteiger partial charge is 0.379 e. The van der Waals surface area contributed by atoms with E-state index < -0.39 is 0 Å². The topological polar surface area (TPSA) is 84.3 Å². The molecule has 0 atom stereocenters. The van der Waals surface area contributed by atoms with Gasteiger partial charge in [-0.15, -0.1) is 0 Å². The molecule has 0 aromatic heterocycles. The highest BCUT2D eigenvalue weighted by molar-refractivity contribution is 5.78. The van der Waals surface area contributed by atoms with Crippen LogP contribution in [0, 0.1) is 16.0 Å². The van der Waals surface area contributed by atoms with E-state index in [2.05, 4.69) is 17.6 Å². The zero-order chi connectivity index (χ0) is 18.1. The summed E-state index contributed by atoms with van der Waals surface area (Å²) in [4.78, 5) is 23.0. The quantitative estimate of drug-likeness (QED) is 0.401. The number of benzene rings is 1. The molecule has 138 valence electrons. The molecule has 1 aliphatic carbocycles. The molecule has 0 bridgehead atoms. The van der Waals surface area contributed by atoms with Crippen LogP contribution < -0.4 is 10.6 Å². The number of amides is 1. The number of hydrogen-bond acceptors (Lipinski definition) is 4. The molecule has 2 rings (SSSR count). The highest BCUT2D eigenvalue weighted by Crippen LogP contribution is 2.26. The fourth-order valence-corrected chi connectivity index (χ4v) is 3.28. The van der Waals surface area contributed by atoms with Gasteiger partial charge in [0, 0.05) is 25.1 Å². The Hall–Kier alpha value is -2.11. The Kier molecular flexibility index (Phi) is 7.70. The first kappa shape index (κ1) is 19.2. The molecule has 25 heavy (non-hydrogen) atoms. The van der Waals surface area contributed by atoms with Crippen molar-refractivity contribution in [1.29, 1.82) is 0 Å². The van der Waals surface area contributed by atoms with Gasteiger partial charge in [-0.2, -0.15) is 0 Å². The van der Waals surface area contributed by atoms with Crippen LogP contribution in [0.1, 0.15) is 57.4 Å². The van der Waals surface area contributed by atoms with E-state index in [-0.39, 0.29) is 22.4 Å². The van der Waals surface area contributed by atoms with E-state index in [1.807, 2.05) is 6.07 Å². The molecule has 0 unspecified atom stereocenters. The monoisotopic (exact) mass is 347 g/mol. The number of anilines is 1. The van der Waals surface area contributed by atoms with Gasteiger partial charge in [0.25, 0.3) is 5.69 Å². The number of unbranched alkanes of at least 4 members (excludes halogenated alkanes) is 1. The molecule has 0 spiro atoms. The van der Waals surface area contributed by atoms with E-state index >= 15 is 0 Å². The van der Waals surface area contributed by atoms with Crippen LogP contribution in [0.3, 0.4) is 0 Å². The highest BCUT2D eigenvalue weighted by atomic mass is 16.6. The minimum absolute atomic E-state index is 0.103. The van der Waals surface area contributed by atoms with Crippen LogP contribution in [0.2, 0.25) is 0 Å². The minimum Gasteiger partial charge on any atom is -0.379 e. The summed E-state index contributed by atoms with van der Waals surface area (Å²) in [5.41, 5.74) is 1.66. The lowest BCUT2D eigenvalue weighted by Crippen LogP contribution is -2.33. The third kappa shape index (κ3) is 6.03. The van der Waals surface area contributed by atoms with E-state index in [1.165, 1.54) is 6.42 Å². The second-order valence-electron chi connectivity index (χ2n) is 6.76. The molecule has 1 amide bonds. The van der Waals surface area contributed by atoms with Crippen LogP contribution in [0.15, 0.2) is 18.2 Å². The number of nitro benzene ring substituents is 1. The van der Waals surface area contributed by atoms with Crippen molar-refractivity contribution in [3.63, 3.8) is 0 Å². The lowest BCUT2D eigenvalue weighted by molar-refractivity contribution is -0.384. The van der Waals surface area contributed by atoms with E-state index in [4.69, 9.17) is 0 Å². The maximum Gasteiger partial charge on any atom is 0.292 e. The molecule has 0 heterocycles. The average Bonchev–Trinajstić information content (AvgIpc) is 2.62. The van der Waals surface area contributed by atoms with Crippen LogP contribution in [-0.4, -0.2) is 23.9 Å². The number of nitrogens with one attached hydrogen (secondary N) is 2. The van der Waals surface area contributed by atoms with E-state index in [0.717, 1.165) is 50.6 Å². The van der Waals surface area contributed by atoms with Gasteiger partial charge in [0.2, 0.25) is 5.91 Å². The van der Waals surface area contributed by atoms with Gasteiger partial charge in [0.1, 0.15) is 5.69 Å². The van der Waals surface area contributed by atoms with Crippen LogP contribution in [0.25, 0.3) is 0 Å². The molecule has 6 heteroatoms. The lowest BCUT2D eigenvalue weighted by atomic mass is 9.88. The zero-order valence-electron chi connectivity index (χ0n) is 15.1. The Morgan fingerprint density at radius 2 is 2.00 bits per heavy atom. The summed E-state index contributed by atoms with van der Waals surface area (Å²) < 4.78 is 0. The lowest BCUT2D eigenvalue weighted by Gasteiger charge is -2.20. The van der Waals surface area contributed by atoms with Gasteiger partial charge in [-0.05, 0) is 37.3 Å². The van der Waals surface area contributed by atoms with Crippen LogP contribution >= 0.6 is 0 Å². The van der Waals surface area contributed by atoms with Gasteiger partial charge < -0.3 is 10.6 Å². The van der Waals surface area contributed by atoms with E-state index in [1.54, 1.807) is 12.1 Å². The molecule has 0 radical (unpaired) electrons. The average molecular weight is 347 g/mol. The van der Waals surface area contributed by atoms with Crippen molar-refractivity contribution in [3.8, 4) is 0 Å². The van der Waals surface area contributed by atoms with Gasteiger partial charge >= 0.3 is 0 Å². The molecule has 0 saturated heterocycles. The molecule has 0 aliphatic heterocycles. The van der Waals surface area contributed by atoms with Crippen molar-refractivity contribution in [3.05, 3.63) is 33.9 Å². The molecule has 6 nitrogen and oxygen atoms in total. The predicted molar refractivity (Wildman–Crippen MR) is 99.8 cm³/mol. The van der Waals surface area contributed by atoms with Gasteiger partial charge in [0.15, 0.2) is 0 Å². The molecule has 1 aromatic rings. The number of carbonyl (C=O) groups excluding carboxylic acids is 1. The van der Waals surface area contributed by atoms with Crippen molar-refractivity contribution in [2.45, 2.75) is 58.3 Å². The van der Waals surface area contributed by atoms with Crippen molar-refractivity contribution in [2.24, 2.45) is 5.92 Å². The fourth-order valence-electron chi connectivity index (χ4n) is 3.28. The number of hydrogen-bond donors (Lipinski definition) is 2. The Morgan fingerprint density at radius 3 is 2.68 bits per heavy atom. The molecular formula is C19H29N3O3. The molecular weight excluding hydrogens is 318 g/mol. The standard InChI is InChI=1S/C19H29N3O3/c1-2-3-12-20-17-14-15(9-10-18(17)22(24)25)11-13-21-19(23)16-7-5-4-6-8-16/h9-10,14,16,20H,2-8,11-13H2,1H3,(H,21,23). The molecule has 1 aromatic carbocycles. The van der Waals surface area contributed by atoms with Crippen molar-refractivity contribution in [2.75, 3.05) is 18.4 Å². The highest BCUT2D eigenvalue weighted by Gasteiger charge is 2.20. The molecule has 2 N–H and O–H groups in total. The SMILES string of the molecule is CCCCNc1cc(CCNC(=O)C2CCCCC2)ccc1[N+](=O)[O-]. The number of nitrogens with zero attached hydrogens (tertiary/aromatic N) is 1. The number of carbonyl (C=O) groups is 1. The fraction of sp³-hybridized carbons (Fsp3) is 0.632. The van der Waals surface area contributed by atoms with Crippen LogP contribution in [-0.2, 0) is 11.2 Å². The Morgan fingerprint density at radius 1 is 1.24 bits per heavy atom. The Labute approximate surface area is 149 Å². The molecule has 1 fully saturated rings. The van der Waals surface area contributed by atoms with E-state index in [9.17, 15) is 14.9 Å².